The number of hydrogen-bond acceptors (Lipinski definition) is 2. The van der Waals surface area contributed by atoms with Crippen molar-refractivity contribution in [3.63, 3.8) is 0 Å². The monoisotopic (exact) mass is 259 g/mol. The van der Waals surface area contributed by atoms with E-state index in [-0.39, 0.29) is 0 Å². The van der Waals surface area contributed by atoms with Gasteiger partial charge in [0.1, 0.15) is 0 Å². The predicted molar refractivity (Wildman–Crippen MR) is 76.4 cm³/mol. The molecular weight excluding hydrogens is 250 g/mol. The molecule has 0 N–H and O–H groups in total. The van der Waals surface area contributed by atoms with Crippen molar-refractivity contribution in [1.29, 1.82) is 0 Å². The number of para-hydroxylation sites is 1. The largest absolute Gasteiger partial charge is 0.369 e. The van der Waals surface area contributed by atoms with Crippen molar-refractivity contribution in [3.05, 3.63) is 70.7 Å². The molecule has 0 spiro atoms. The molecule has 2 aromatic rings. The fraction of sp³-hybridized carbons (Fsp3) is 0. The first-order valence-corrected chi connectivity index (χ1v) is 6.28. The number of rotatable bonds is 1. The van der Waals surface area contributed by atoms with Crippen LogP contribution in [0.2, 0.25) is 0 Å². The number of urea groups is 1. The number of aliphatic imine (C=N–C) groups is 2. The van der Waals surface area contributed by atoms with E-state index in [1.54, 1.807) is 0 Å². The molecule has 0 saturated carbocycles. The zero-order valence-electron chi connectivity index (χ0n) is 10.4. The molecule has 4 nitrogen and oxygen atoms in total. The van der Waals surface area contributed by atoms with Gasteiger partial charge in [-0.15, -0.1) is 0 Å². The number of nitrogens with zero attached hydrogens (tertiary/aromatic N) is 3. The zero-order chi connectivity index (χ0) is 13.5. The lowest BCUT2D eigenvalue weighted by Crippen LogP contribution is -2.27. The topological polar surface area (TPSA) is 54.1 Å². The minimum absolute atomic E-state index is 0.463. The lowest BCUT2D eigenvalue weighted by molar-refractivity contribution is 0.257. The van der Waals surface area contributed by atoms with Crippen LogP contribution in [0.3, 0.4) is 0 Å². The Bertz CT molecular complexity index is 908. The third-order valence-electron chi connectivity index (χ3n) is 3.32. The van der Waals surface area contributed by atoms with Gasteiger partial charge in [0.05, 0.1) is 16.6 Å². The third kappa shape index (κ3) is 1.55. The Labute approximate surface area is 114 Å². The molecule has 2 aliphatic rings. The molecule has 0 saturated heterocycles. The van der Waals surface area contributed by atoms with E-state index in [2.05, 4.69) is 15.0 Å². The first-order valence-electron chi connectivity index (χ1n) is 6.28. The predicted octanol–water partition coefficient (Wildman–Crippen LogP) is 1.49. The lowest BCUT2D eigenvalue weighted by atomic mass is 9.99. The summed E-state index contributed by atoms with van der Waals surface area (Å²) in [6.45, 7) is 0. The minimum atomic E-state index is -0.501. The van der Waals surface area contributed by atoms with Crippen LogP contribution in [0.1, 0.15) is 5.56 Å². The maximum atomic E-state index is 11.7. The van der Waals surface area contributed by atoms with E-state index < -0.39 is 6.03 Å². The number of hydrogen-bond donors (Lipinski definition) is 0. The molecular formula is C16H9N3O. The summed E-state index contributed by atoms with van der Waals surface area (Å²) in [6, 6.07) is 16.9. The lowest BCUT2D eigenvalue weighted by Gasteiger charge is -2.11. The van der Waals surface area contributed by atoms with Gasteiger partial charge in [-0.25, -0.2) is 9.79 Å². The van der Waals surface area contributed by atoms with Gasteiger partial charge in [-0.05, 0) is 6.07 Å². The van der Waals surface area contributed by atoms with E-state index in [9.17, 15) is 4.79 Å². The van der Waals surface area contributed by atoms with E-state index in [0.717, 1.165) is 21.7 Å². The van der Waals surface area contributed by atoms with Gasteiger partial charge in [0.15, 0.2) is 5.84 Å². The van der Waals surface area contributed by atoms with Crippen LogP contribution in [0.25, 0.3) is 5.57 Å². The number of benzene rings is 2. The molecule has 20 heavy (non-hydrogen) atoms. The fourth-order valence-corrected chi connectivity index (χ4v) is 2.46. The van der Waals surface area contributed by atoms with Gasteiger partial charge < -0.3 is 0 Å². The molecule has 0 aromatic heterocycles. The van der Waals surface area contributed by atoms with E-state index >= 15 is 0 Å². The van der Waals surface area contributed by atoms with Crippen LogP contribution >= 0.6 is 0 Å². The number of fused-ring (bicyclic) bond motifs is 2. The smallest absolute Gasteiger partial charge is 0.244 e. The van der Waals surface area contributed by atoms with Crippen LogP contribution in [0, 0.1) is 0 Å². The van der Waals surface area contributed by atoms with Crippen molar-refractivity contribution in [2.45, 2.75) is 0 Å². The standard InChI is InChI=1S/C16H9N3O/c20-16-18-14(10-6-2-1-3-7-10)13-11-8-4-5-9-12(11)17-15(13)19-16/h1-9H. The zero-order valence-corrected chi connectivity index (χ0v) is 10.4. The van der Waals surface area contributed by atoms with Crippen LogP contribution < -0.4 is 10.6 Å². The molecule has 2 heterocycles. The molecule has 94 valence electrons. The van der Waals surface area contributed by atoms with Crippen LogP contribution in [0.4, 0.5) is 4.79 Å². The fourth-order valence-electron chi connectivity index (χ4n) is 2.46. The van der Waals surface area contributed by atoms with E-state index in [1.165, 1.54) is 0 Å². The maximum absolute atomic E-state index is 11.7. The van der Waals surface area contributed by atoms with Gasteiger partial charge in [0.25, 0.3) is 0 Å². The van der Waals surface area contributed by atoms with Crippen LogP contribution in [0.5, 0.6) is 0 Å². The Morgan fingerprint density at radius 1 is 0.750 bits per heavy atom. The number of amidine groups is 1. The normalized spacial score (nSPS) is 16.0. The molecule has 2 aliphatic heterocycles. The second-order valence-corrected chi connectivity index (χ2v) is 4.55. The molecule has 0 unspecified atom stereocenters. The first kappa shape index (κ1) is 11.0. The summed E-state index contributed by atoms with van der Waals surface area (Å²) in [5.41, 5.74) is 2.39. The highest BCUT2D eigenvalue weighted by molar-refractivity contribution is 6.52. The highest BCUT2D eigenvalue weighted by atomic mass is 16.2. The van der Waals surface area contributed by atoms with E-state index in [0.29, 0.717) is 11.5 Å². The molecule has 0 atom stereocenters. The van der Waals surface area contributed by atoms with Gasteiger partial charge in [-0.1, -0.05) is 48.5 Å². The molecule has 2 aromatic carbocycles. The number of carbonyl (C=O) groups is 1. The van der Waals surface area contributed by atoms with Crippen molar-refractivity contribution in [3.8, 4) is 0 Å². The van der Waals surface area contributed by atoms with Crippen molar-refractivity contribution in [1.82, 2.24) is 0 Å². The molecule has 4 heteroatoms. The summed E-state index contributed by atoms with van der Waals surface area (Å²) in [4.78, 5) is 24.1. The Hall–Kier alpha value is -2.88. The van der Waals surface area contributed by atoms with Gasteiger partial charge in [-0.2, -0.15) is 9.98 Å². The summed E-state index contributed by atoms with van der Waals surface area (Å²) in [5.74, 6) is 0.463. The minimum Gasteiger partial charge on any atom is -0.244 e. The van der Waals surface area contributed by atoms with Gasteiger partial charge >= 0.3 is 6.03 Å². The molecule has 2 amide bonds. The van der Waals surface area contributed by atoms with Gasteiger partial charge in [0, 0.05) is 10.8 Å². The average Bonchev–Trinajstić information content (AvgIpc) is 2.85. The summed E-state index contributed by atoms with van der Waals surface area (Å²) in [5, 5.41) is 1.81. The molecule has 0 bridgehead atoms. The Morgan fingerprint density at radius 3 is 2.35 bits per heavy atom. The Kier molecular flexibility index (Phi) is 2.23. The molecule has 0 radical (unpaired) electrons. The van der Waals surface area contributed by atoms with Gasteiger partial charge in [-0.3, -0.25) is 0 Å². The Morgan fingerprint density at radius 2 is 1.50 bits per heavy atom. The SMILES string of the molecule is O=C1N=C2N=c3ccccc3=C2C(c2ccccc2)=N1. The number of carbonyl (C=O) groups excluding carboxylic acids is 1. The maximum Gasteiger partial charge on any atom is 0.369 e. The highest BCUT2D eigenvalue weighted by Crippen LogP contribution is 2.18. The second-order valence-electron chi connectivity index (χ2n) is 4.55. The van der Waals surface area contributed by atoms with Crippen molar-refractivity contribution >= 4 is 23.2 Å². The van der Waals surface area contributed by atoms with Crippen LogP contribution in [0.15, 0.2) is 69.6 Å². The molecule has 0 fully saturated rings. The summed E-state index contributed by atoms with van der Waals surface area (Å²) >= 11 is 0. The molecule has 4 rings (SSSR count). The van der Waals surface area contributed by atoms with Crippen LogP contribution in [-0.4, -0.2) is 17.6 Å². The summed E-state index contributed by atoms with van der Waals surface area (Å²) in [7, 11) is 0. The van der Waals surface area contributed by atoms with Crippen molar-refractivity contribution < 1.29 is 4.79 Å². The van der Waals surface area contributed by atoms with Crippen molar-refractivity contribution in [2.75, 3.05) is 0 Å². The summed E-state index contributed by atoms with van der Waals surface area (Å²) < 4.78 is 0. The average molecular weight is 259 g/mol. The van der Waals surface area contributed by atoms with Crippen molar-refractivity contribution in [2.24, 2.45) is 15.0 Å². The van der Waals surface area contributed by atoms with E-state index in [4.69, 9.17) is 0 Å². The Balaban J connectivity index is 2.07. The van der Waals surface area contributed by atoms with Gasteiger partial charge in [0.2, 0.25) is 0 Å². The van der Waals surface area contributed by atoms with E-state index in [1.807, 2.05) is 54.6 Å². The quantitative estimate of drug-likeness (QED) is 0.765. The second kappa shape index (κ2) is 4.06. The first-order chi connectivity index (χ1) is 9.83. The highest BCUT2D eigenvalue weighted by Gasteiger charge is 2.26. The summed E-state index contributed by atoms with van der Waals surface area (Å²) in [6.07, 6.45) is 0. The molecule has 0 aliphatic carbocycles. The number of amides is 2. The van der Waals surface area contributed by atoms with Crippen LogP contribution in [-0.2, 0) is 0 Å². The third-order valence-corrected chi connectivity index (χ3v) is 3.32.